The van der Waals surface area contributed by atoms with E-state index in [-0.39, 0.29) is 11.4 Å². The van der Waals surface area contributed by atoms with Crippen LogP contribution in [0, 0.1) is 10.1 Å². The van der Waals surface area contributed by atoms with Gasteiger partial charge in [-0.3, -0.25) is 10.1 Å². The quantitative estimate of drug-likeness (QED) is 0.455. The van der Waals surface area contributed by atoms with E-state index in [4.69, 9.17) is 0 Å². The summed E-state index contributed by atoms with van der Waals surface area (Å²) in [5.41, 5.74) is 0.0248. The maximum absolute atomic E-state index is 11.2. The first-order valence-corrected chi connectivity index (χ1v) is 4.86. The molecule has 0 unspecified atom stereocenters. The molecule has 92 valence electrons. The van der Waals surface area contributed by atoms with E-state index in [1.807, 2.05) is 0 Å². The number of rotatable bonds is 3. The van der Waals surface area contributed by atoms with Crippen LogP contribution < -0.4 is 0 Å². The van der Waals surface area contributed by atoms with Gasteiger partial charge < -0.3 is 4.74 Å². The molecular weight excluding hydrogens is 240 g/mol. The van der Waals surface area contributed by atoms with Crippen molar-refractivity contribution in [1.82, 2.24) is 14.8 Å². The fourth-order valence-corrected chi connectivity index (χ4v) is 1.29. The standard InChI is InChI=1S/C10H8N4O4/c1-18-10(15)8-4-5-13(12-8)9-3-2-7(6-11-9)14(16)17/h2-6H,1H3. The molecule has 0 amide bonds. The fraction of sp³-hybridized carbons (Fsp3) is 0.100. The highest BCUT2D eigenvalue weighted by Gasteiger charge is 2.11. The maximum atomic E-state index is 11.2. The molecule has 0 radical (unpaired) electrons. The molecule has 8 heteroatoms. The molecule has 0 aromatic carbocycles. The van der Waals surface area contributed by atoms with Gasteiger partial charge in [0.1, 0.15) is 6.20 Å². The summed E-state index contributed by atoms with van der Waals surface area (Å²) in [7, 11) is 1.26. The second-order valence-corrected chi connectivity index (χ2v) is 3.27. The number of nitro groups is 1. The highest BCUT2D eigenvalue weighted by molar-refractivity contribution is 5.86. The van der Waals surface area contributed by atoms with Crippen molar-refractivity contribution >= 4 is 11.7 Å². The van der Waals surface area contributed by atoms with Crippen LogP contribution in [0.5, 0.6) is 0 Å². The maximum Gasteiger partial charge on any atom is 0.358 e. The third-order valence-corrected chi connectivity index (χ3v) is 2.16. The zero-order valence-electron chi connectivity index (χ0n) is 9.31. The largest absolute Gasteiger partial charge is 0.464 e. The Morgan fingerprint density at radius 1 is 1.44 bits per heavy atom. The second kappa shape index (κ2) is 4.62. The first-order valence-electron chi connectivity index (χ1n) is 4.86. The Labute approximate surface area is 101 Å². The summed E-state index contributed by atoms with van der Waals surface area (Å²) in [5, 5.41) is 14.4. The van der Waals surface area contributed by atoms with Gasteiger partial charge in [0.05, 0.1) is 12.0 Å². The number of hydrogen-bond acceptors (Lipinski definition) is 6. The normalized spacial score (nSPS) is 10.1. The molecule has 18 heavy (non-hydrogen) atoms. The lowest BCUT2D eigenvalue weighted by Crippen LogP contribution is -2.05. The van der Waals surface area contributed by atoms with Crippen molar-refractivity contribution in [3.05, 3.63) is 46.4 Å². The van der Waals surface area contributed by atoms with Gasteiger partial charge in [0, 0.05) is 12.3 Å². The Hall–Kier alpha value is -2.77. The topological polar surface area (TPSA) is 100 Å². The van der Waals surface area contributed by atoms with Crippen LogP contribution in [0.3, 0.4) is 0 Å². The SMILES string of the molecule is COC(=O)c1ccn(-c2ccc([N+](=O)[O-])cn2)n1. The molecular formula is C10H8N4O4. The summed E-state index contributed by atoms with van der Waals surface area (Å²) >= 11 is 0. The van der Waals surface area contributed by atoms with Crippen LogP contribution in [-0.2, 0) is 4.74 Å². The molecule has 0 spiro atoms. The van der Waals surface area contributed by atoms with E-state index in [2.05, 4.69) is 14.8 Å². The van der Waals surface area contributed by atoms with Crippen molar-refractivity contribution in [2.75, 3.05) is 7.11 Å². The van der Waals surface area contributed by atoms with Gasteiger partial charge in [-0.25, -0.2) is 14.5 Å². The van der Waals surface area contributed by atoms with E-state index >= 15 is 0 Å². The minimum atomic E-state index is -0.560. The Morgan fingerprint density at radius 2 is 2.22 bits per heavy atom. The minimum Gasteiger partial charge on any atom is -0.464 e. The minimum absolute atomic E-state index is 0.112. The molecule has 2 heterocycles. The molecule has 8 nitrogen and oxygen atoms in total. The Balaban J connectivity index is 2.29. The van der Waals surface area contributed by atoms with Crippen molar-refractivity contribution in [2.24, 2.45) is 0 Å². The third kappa shape index (κ3) is 2.17. The molecule has 0 aliphatic rings. The van der Waals surface area contributed by atoms with Gasteiger partial charge in [-0.05, 0) is 12.1 Å². The summed E-state index contributed by atoms with van der Waals surface area (Å²) in [5.74, 6) is -0.189. The van der Waals surface area contributed by atoms with E-state index in [1.54, 1.807) is 0 Å². The number of pyridine rings is 1. The van der Waals surface area contributed by atoms with Crippen molar-refractivity contribution in [3.8, 4) is 5.82 Å². The van der Waals surface area contributed by atoms with Crippen LogP contribution >= 0.6 is 0 Å². The van der Waals surface area contributed by atoms with Crippen molar-refractivity contribution in [1.29, 1.82) is 0 Å². The lowest BCUT2D eigenvalue weighted by atomic mass is 10.4. The summed E-state index contributed by atoms with van der Waals surface area (Å²) in [6, 6.07) is 4.21. The number of nitrogens with zero attached hydrogens (tertiary/aromatic N) is 4. The molecule has 0 saturated heterocycles. The monoisotopic (exact) mass is 248 g/mol. The van der Waals surface area contributed by atoms with E-state index in [0.29, 0.717) is 5.82 Å². The zero-order chi connectivity index (χ0) is 13.1. The molecule has 0 aliphatic carbocycles. The molecule has 0 aliphatic heterocycles. The summed E-state index contributed by atoms with van der Waals surface area (Å²) < 4.78 is 5.84. The van der Waals surface area contributed by atoms with Crippen molar-refractivity contribution in [2.45, 2.75) is 0 Å². The Bertz CT molecular complexity index is 590. The molecule has 2 rings (SSSR count). The predicted molar refractivity (Wildman–Crippen MR) is 59.4 cm³/mol. The Kier molecular flexibility index (Phi) is 3.00. The van der Waals surface area contributed by atoms with Gasteiger partial charge in [-0.1, -0.05) is 0 Å². The molecule has 0 saturated carbocycles. The molecule has 0 bridgehead atoms. The highest BCUT2D eigenvalue weighted by Crippen LogP contribution is 2.11. The number of aromatic nitrogens is 3. The van der Waals surface area contributed by atoms with E-state index < -0.39 is 10.9 Å². The number of ether oxygens (including phenoxy) is 1. The fourth-order valence-electron chi connectivity index (χ4n) is 1.29. The van der Waals surface area contributed by atoms with Crippen LogP contribution in [0.1, 0.15) is 10.5 Å². The first kappa shape index (κ1) is 11.7. The van der Waals surface area contributed by atoms with Crippen molar-refractivity contribution < 1.29 is 14.5 Å². The number of carbonyl (C=O) groups excluding carboxylic acids is 1. The second-order valence-electron chi connectivity index (χ2n) is 3.27. The first-order chi connectivity index (χ1) is 8.61. The van der Waals surface area contributed by atoms with Crippen LogP contribution in [-0.4, -0.2) is 32.8 Å². The van der Waals surface area contributed by atoms with Gasteiger partial charge in [0.25, 0.3) is 5.69 Å². The van der Waals surface area contributed by atoms with Crippen molar-refractivity contribution in [3.63, 3.8) is 0 Å². The van der Waals surface area contributed by atoms with Gasteiger partial charge in [0.15, 0.2) is 11.5 Å². The number of esters is 1. The van der Waals surface area contributed by atoms with Gasteiger partial charge in [-0.2, -0.15) is 5.10 Å². The summed E-state index contributed by atoms with van der Waals surface area (Å²) in [4.78, 5) is 25.0. The molecule has 0 fully saturated rings. The number of hydrogen-bond donors (Lipinski definition) is 0. The Morgan fingerprint density at radius 3 is 2.78 bits per heavy atom. The van der Waals surface area contributed by atoms with E-state index in [1.165, 1.54) is 36.2 Å². The lowest BCUT2D eigenvalue weighted by Gasteiger charge is -1.99. The van der Waals surface area contributed by atoms with E-state index in [9.17, 15) is 14.9 Å². The van der Waals surface area contributed by atoms with Crippen LogP contribution in [0.2, 0.25) is 0 Å². The molecule has 2 aromatic rings. The average molecular weight is 248 g/mol. The molecule has 0 atom stereocenters. The smallest absolute Gasteiger partial charge is 0.358 e. The summed E-state index contributed by atoms with van der Waals surface area (Å²) in [6.07, 6.45) is 2.63. The van der Waals surface area contributed by atoms with Crippen LogP contribution in [0.25, 0.3) is 5.82 Å². The van der Waals surface area contributed by atoms with E-state index in [0.717, 1.165) is 6.20 Å². The number of methoxy groups -OCH3 is 1. The molecule has 0 N–H and O–H groups in total. The predicted octanol–water partition coefficient (Wildman–Crippen LogP) is 0.962. The third-order valence-electron chi connectivity index (χ3n) is 2.16. The average Bonchev–Trinajstić information content (AvgIpc) is 2.87. The lowest BCUT2D eigenvalue weighted by molar-refractivity contribution is -0.385. The van der Waals surface area contributed by atoms with Gasteiger partial charge in [0.2, 0.25) is 0 Å². The number of carbonyl (C=O) groups is 1. The van der Waals surface area contributed by atoms with Crippen LogP contribution in [0.15, 0.2) is 30.6 Å². The zero-order valence-corrected chi connectivity index (χ0v) is 9.31. The highest BCUT2D eigenvalue weighted by atomic mass is 16.6. The van der Waals surface area contributed by atoms with Gasteiger partial charge in [-0.15, -0.1) is 0 Å². The van der Waals surface area contributed by atoms with Gasteiger partial charge >= 0.3 is 5.97 Å². The summed E-state index contributed by atoms with van der Waals surface area (Å²) in [6.45, 7) is 0. The molecule has 2 aromatic heterocycles. The van der Waals surface area contributed by atoms with Crippen LogP contribution in [0.4, 0.5) is 5.69 Å².